The van der Waals surface area contributed by atoms with Crippen LogP contribution in [0.25, 0.3) is 0 Å². The fourth-order valence-corrected chi connectivity index (χ4v) is 2.91. The van der Waals surface area contributed by atoms with Crippen LogP contribution in [-0.2, 0) is 16.1 Å². The van der Waals surface area contributed by atoms with E-state index in [0.29, 0.717) is 5.69 Å². The molecule has 0 amide bonds. The molecule has 0 saturated carbocycles. The molecular formula is C13H21N3O3S. The normalized spacial score (nSPS) is 15.0. The van der Waals surface area contributed by atoms with Crippen LogP contribution >= 0.6 is 0 Å². The summed E-state index contributed by atoms with van der Waals surface area (Å²) in [5.74, 6) is -0.546. The van der Waals surface area contributed by atoms with E-state index in [-0.39, 0.29) is 11.7 Å². The van der Waals surface area contributed by atoms with Gasteiger partial charge in [0.15, 0.2) is 5.69 Å². The molecule has 2 unspecified atom stereocenters. The summed E-state index contributed by atoms with van der Waals surface area (Å²) in [4.78, 5) is 19.9. The predicted molar refractivity (Wildman–Crippen MR) is 77.4 cm³/mol. The molecule has 112 valence electrons. The van der Waals surface area contributed by atoms with E-state index in [4.69, 9.17) is 4.74 Å². The van der Waals surface area contributed by atoms with Crippen LogP contribution in [0.4, 0.5) is 0 Å². The van der Waals surface area contributed by atoms with Crippen molar-refractivity contribution in [2.45, 2.75) is 38.5 Å². The molecule has 0 bridgehead atoms. The Balaban J connectivity index is 3.09. The molecule has 0 fully saturated rings. The van der Waals surface area contributed by atoms with Crippen molar-refractivity contribution in [3.8, 4) is 0 Å². The van der Waals surface area contributed by atoms with Crippen LogP contribution in [0.3, 0.4) is 0 Å². The number of nitrogens with zero attached hydrogens (tertiary/aromatic N) is 3. The Morgan fingerprint density at radius 1 is 1.40 bits per heavy atom. The predicted octanol–water partition coefficient (Wildman–Crippen LogP) is 1.72. The lowest BCUT2D eigenvalue weighted by atomic mass is 10.2. The van der Waals surface area contributed by atoms with Gasteiger partial charge in [0.1, 0.15) is 4.75 Å². The highest BCUT2D eigenvalue weighted by Gasteiger charge is 2.36. The second-order valence-corrected chi connectivity index (χ2v) is 7.66. The minimum Gasteiger partial charge on any atom is -0.597 e. The number of aromatic nitrogens is 2. The minimum absolute atomic E-state index is 0.153. The zero-order chi connectivity index (χ0) is 15.5. The van der Waals surface area contributed by atoms with Gasteiger partial charge in [0.2, 0.25) is 0 Å². The van der Waals surface area contributed by atoms with E-state index < -0.39 is 22.1 Å². The number of ether oxygens (including phenoxy) is 1. The molecule has 1 rings (SSSR count). The maximum atomic E-state index is 12.4. The average Bonchev–Trinajstić information content (AvgIpc) is 2.43. The average molecular weight is 299 g/mol. The third kappa shape index (κ3) is 3.68. The summed E-state index contributed by atoms with van der Waals surface area (Å²) >= 11 is -1.22. The molecule has 0 radical (unpaired) electrons. The van der Waals surface area contributed by atoms with E-state index in [9.17, 15) is 9.35 Å². The van der Waals surface area contributed by atoms with E-state index in [1.807, 2.05) is 27.7 Å². The zero-order valence-corrected chi connectivity index (χ0v) is 13.5. The maximum Gasteiger partial charge on any atom is 0.358 e. The Morgan fingerprint density at radius 3 is 2.45 bits per heavy atom. The van der Waals surface area contributed by atoms with Gasteiger partial charge in [-0.15, -0.1) is 4.31 Å². The summed E-state index contributed by atoms with van der Waals surface area (Å²) < 4.78 is 18.4. The third-order valence-corrected chi connectivity index (χ3v) is 4.72. The Kier molecular flexibility index (Phi) is 5.50. The highest BCUT2D eigenvalue weighted by molar-refractivity contribution is 7.90. The quantitative estimate of drug-likeness (QED) is 0.622. The number of methoxy groups -OCH3 is 1. The first kappa shape index (κ1) is 16.9. The van der Waals surface area contributed by atoms with Crippen LogP contribution in [0.5, 0.6) is 0 Å². The first-order valence-electron chi connectivity index (χ1n) is 6.24. The summed E-state index contributed by atoms with van der Waals surface area (Å²) in [6, 6.07) is -0.321. The number of esters is 1. The lowest BCUT2D eigenvalue weighted by Gasteiger charge is -2.33. The molecule has 1 aromatic rings. The monoisotopic (exact) mass is 299 g/mol. The molecule has 0 aliphatic heterocycles. The molecule has 0 N–H and O–H groups in total. The van der Waals surface area contributed by atoms with Crippen molar-refractivity contribution >= 4 is 17.3 Å². The van der Waals surface area contributed by atoms with Gasteiger partial charge in [0.05, 0.1) is 18.8 Å². The van der Waals surface area contributed by atoms with E-state index in [1.54, 1.807) is 11.4 Å². The number of rotatable bonds is 4. The lowest BCUT2D eigenvalue weighted by molar-refractivity contribution is 0.0590. The largest absolute Gasteiger partial charge is 0.597 e. The first-order chi connectivity index (χ1) is 9.20. The lowest BCUT2D eigenvalue weighted by Crippen LogP contribution is -2.42. The van der Waals surface area contributed by atoms with Crippen molar-refractivity contribution in [1.29, 1.82) is 0 Å². The van der Waals surface area contributed by atoms with E-state index >= 15 is 0 Å². The molecule has 1 heterocycles. The Bertz CT molecular complexity index is 476. The van der Waals surface area contributed by atoms with Crippen LogP contribution in [-0.4, -0.2) is 43.7 Å². The standard InChI is InChI=1S/C13H21N3O3S/c1-9(16(5)20(18)13(2,3)4)10-11(12(17)19-6)15-8-7-14-10/h7-9H,1-6H3. The molecule has 6 nitrogen and oxygen atoms in total. The molecule has 1 aromatic heterocycles. The maximum absolute atomic E-state index is 12.4. The summed E-state index contributed by atoms with van der Waals surface area (Å²) in [5.41, 5.74) is 0.611. The molecule has 20 heavy (non-hydrogen) atoms. The second kappa shape index (κ2) is 6.51. The fraction of sp³-hybridized carbons (Fsp3) is 0.615. The molecule has 0 aliphatic carbocycles. The van der Waals surface area contributed by atoms with Gasteiger partial charge >= 0.3 is 5.97 Å². The van der Waals surface area contributed by atoms with Crippen LogP contribution in [0.2, 0.25) is 0 Å². The summed E-state index contributed by atoms with van der Waals surface area (Å²) in [6.07, 6.45) is 2.94. The summed E-state index contributed by atoms with van der Waals surface area (Å²) in [7, 11) is 3.03. The van der Waals surface area contributed by atoms with Gasteiger partial charge in [0.25, 0.3) is 0 Å². The molecule has 7 heteroatoms. The van der Waals surface area contributed by atoms with Crippen LogP contribution in [0.1, 0.15) is 49.9 Å². The van der Waals surface area contributed by atoms with Crippen molar-refractivity contribution in [1.82, 2.24) is 14.3 Å². The third-order valence-electron chi connectivity index (χ3n) is 2.83. The molecule has 0 aromatic carbocycles. The number of carbonyl (C=O) groups excluding carboxylic acids is 1. The Morgan fingerprint density at radius 2 is 1.95 bits per heavy atom. The zero-order valence-electron chi connectivity index (χ0n) is 12.7. The molecule has 0 aliphatic rings. The van der Waals surface area contributed by atoms with E-state index in [1.165, 1.54) is 19.5 Å². The van der Waals surface area contributed by atoms with Crippen LogP contribution in [0.15, 0.2) is 12.4 Å². The van der Waals surface area contributed by atoms with E-state index in [0.717, 1.165) is 0 Å². The highest BCUT2D eigenvalue weighted by Crippen LogP contribution is 2.28. The molecule has 0 saturated heterocycles. The minimum atomic E-state index is -1.22. The van der Waals surface area contributed by atoms with Gasteiger partial charge in [-0.3, -0.25) is 4.98 Å². The van der Waals surface area contributed by atoms with Crippen molar-refractivity contribution in [3.05, 3.63) is 23.8 Å². The molecule has 2 atom stereocenters. The summed E-state index contributed by atoms with van der Waals surface area (Å²) in [6.45, 7) is 7.51. The van der Waals surface area contributed by atoms with E-state index in [2.05, 4.69) is 9.97 Å². The molecular weight excluding hydrogens is 278 g/mol. The van der Waals surface area contributed by atoms with Crippen molar-refractivity contribution in [3.63, 3.8) is 0 Å². The van der Waals surface area contributed by atoms with Gasteiger partial charge in [-0.05, 0) is 27.7 Å². The Hall–Kier alpha value is -1.18. The van der Waals surface area contributed by atoms with Crippen molar-refractivity contribution in [2.75, 3.05) is 14.2 Å². The van der Waals surface area contributed by atoms with Gasteiger partial charge in [-0.2, -0.15) is 0 Å². The fourth-order valence-electron chi connectivity index (χ4n) is 1.66. The van der Waals surface area contributed by atoms with Gasteiger partial charge in [0, 0.05) is 30.8 Å². The van der Waals surface area contributed by atoms with Crippen LogP contribution in [0, 0.1) is 0 Å². The Labute approximate surface area is 122 Å². The number of hydrogen-bond donors (Lipinski definition) is 0. The number of hydrogen-bond acceptors (Lipinski definition) is 6. The topological polar surface area (TPSA) is 78.4 Å². The highest BCUT2D eigenvalue weighted by atomic mass is 32.2. The van der Waals surface area contributed by atoms with Crippen molar-refractivity contribution < 1.29 is 14.1 Å². The van der Waals surface area contributed by atoms with Gasteiger partial charge in [-0.25, -0.2) is 9.78 Å². The van der Waals surface area contributed by atoms with Gasteiger partial charge < -0.3 is 9.29 Å². The summed E-state index contributed by atoms with van der Waals surface area (Å²) in [5, 5.41) is 0. The number of carbonyl (C=O) groups is 1. The van der Waals surface area contributed by atoms with Gasteiger partial charge in [-0.1, -0.05) is 0 Å². The van der Waals surface area contributed by atoms with Crippen molar-refractivity contribution in [2.24, 2.45) is 0 Å². The second-order valence-electron chi connectivity index (χ2n) is 5.37. The molecule has 0 spiro atoms. The van der Waals surface area contributed by atoms with Crippen LogP contribution < -0.4 is 0 Å². The SMILES string of the molecule is COC(=O)c1nccnc1C(C)N(C)[S+]([O-])C(C)(C)C. The first-order valence-corrected chi connectivity index (χ1v) is 7.34. The smallest absolute Gasteiger partial charge is 0.358 e.